The molecule has 4 aliphatic rings. The van der Waals surface area contributed by atoms with Crippen LogP contribution in [0.1, 0.15) is 50.5 Å². The van der Waals surface area contributed by atoms with E-state index < -0.39 is 17.2 Å². The van der Waals surface area contributed by atoms with Crippen LogP contribution in [0.4, 0.5) is 17.5 Å². The summed E-state index contributed by atoms with van der Waals surface area (Å²) in [5, 5.41) is 5.49. The zero-order chi connectivity index (χ0) is 25.4. The zero-order valence-electron chi connectivity index (χ0n) is 20.7. The molecule has 0 radical (unpaired) electrons. The highest BCUT2D eigenvalue weighted by molar-refractivity contribution is 6.22. The molecule has 2 saturated heterocycles. The highest BCUT2D eigenvalue weighted by atomic mass is 16.5. The Hall–Kier alpha value is -3.60. The van der Waals surface area contributed by atoms with E-state index in [4.69, 9.17) is 9.72 Å². The molecule has 11 heteroatoms. The van der Waals surface area contributed by atoms with Gasteiger partial charge in [-0.2, -0.15) is 4.98 Å². The third kappa shape index (κ3) is 4.52. The van der Waals surface area contributed by atoms with Crippen LogP contribution in [-0.4, -0.2) is 69.9 Å². The standard InChI is InChI=1S/C26H31N7O4/c34-20-14-26(23(35)30-20)13-17-15-28-25(31-22(17)33(24(26)36)19-5-1-2-6-19)29-18-7-8-21(27-16-18)37-12-11-32-9-3-4-10-32/h7-8,15-16,19H,1-6,9-14H2,(H,28,29,31)(H,30,34,35). The number of ether oxygens (including phenoxy) is 1. The van der Waals surface area contributed by atoms with E-state index in [0.717, 1.165) is 45.3 Å². The van der Waals surface area contributed by atoms with Gasteiger partial charge in [-0.1, -0.05) is 12.8 Å². The summed E-state index contributed by atoms with van der Waals surface area (Å²) in [7, 11) is 0. The Bertz CT molecular complexity index is 1210. The van der Waals surface area contributed by atoms with Crippen LogP contribution in [0.5, 0.6) is 5.88 Å². The number of pyridine rings is 1. The zero-order valence-corrected chi connectivity index (χ0v) is 20.7. The van der Waals surface area contributed by atoms with Crippen molar-refractivity contribution in [2.75, 3.05) is 36.5 Å². The number of aromatic nitrogens is 3. The van der Waals surface area contributed by atoms with Crippen LogP contribution in [0.25, 0.3) is 0 Å². The second-order valence-corrected chi connectivity index (χ2v) is 10.4. The lowest BCUT2D eigenvalue weighted by molar-refractivity contribution is -0.140. The van der Waals surface area contributed by atoms with E-state index in [1.165, 1.54) is 12.8 Å². The summed E-state index contributed by atoms with van der Waals surface area (Å²) in [5.41, 5.74) is -0.0140. The van der Waals surface area contributed by atoms with Crippen LogP contribution in [0.3, 0.4) is 0 Å². The van der Waals surface area contributed by atoms with E-state index in [1.54, 1.807) is 23.4 Å². The van der Waals surface area contributed by atoms with Crippen molar-refractivity contribution in [1.29, 1.82) is 0 Å². The average Bonchev–Trinajstić information content (AvgIpc) is 3.65. The van der Waals surface area contributed by atoms with E-state index in [-0.39, 0.29) is 24.8 Å². The van der Waals surface area contributed by atoms with Gasteiger partial charge in [0.25, 0.3) is 0 Å². The maximum atomic E-state index is 13.7. The molecule has 5 heterocycles. The van der Waals surface area contributed by atoms with Crippen molar-refractivity contribution < 1.29 is 19.1 Å². The second-order valence-electron chi connectivity index (χ2n) is 10.4. The van der Waals surface area contributed by atoms with Crippen LogP contribution in [0.2, 0.25) is 0 Å². The number of nitrogens with zero attached hydrogens (tertiary/aromatic N) is 5. The number of nitrogens with one attached hydrogen (secondary N) is 2. The summed E-state index contributed by atoms with van der Waals surface area (Å²) in [6, 6.07) is 3.61. The molecule has 194 valence electrons. The predicted molar refractivity (Wildman–Crippen MR) is 134 cm³/mol. The predicted octanol–water partition coefficient (Wildman–Crippen LogP) is 1.95. The molecule has 1 spiro atoms. The monoisotopic (exact) mass is 505 g/mol. The Kier molecular flexibility index (Phi) is 6.23. The molecule has 2 aromatic rings. The number of amides is 3. The molecule has 2 aromatic heterocycles. The molecule has 11 nitrogen and oxygen atoms in total. The first-order valence-electron chi connectivity index (χ1n) is 13.1. The fourth-order valence-electron chi connectivity index (χ4n) is 5.93. The van der Waals surface area contributed by atoms with Crippen molar-refractivity contribution in [3.63, 3.8) is 0 Å². The summed E-state index contributed by atoms with van der Waals surface area (Å²) >= 11 is 0. The van der Waals surface area contributed by atoms with E-state index in [2.05, 4.69) is 25.5 Å². The van der Waals surface area contributed by atoms with Gasteiger partial charge in [0.2, 0.25) is 29.5 Å². The molecule has 0 aromatic carbocycles. The fraction of sp³-hybridized carbons (Fsp3) is 0.538. The summed E-state index contributed by atoms with van der Waals surface area (Å²) in [4.78, 5) is 56.1. The van der Waals surface area contributed by atoms with E-state index in [9.17, 15) is 14.4 Å². The molecule has 1 atom stereocenters. The molecule has 3 amide bonds. The smallest absolute Gasteiger partial charge is 0.245 e. The van der Waals surface area contributed by atoms with Gasteiger partial charge in [0, 0.05) is 36.8 Å². The molecule has 1 saturated carbocycles. The number of carbonyl (C=O) groups is 3. The maximum Gasteiger partial charge on any atom is 0.245 e. The van der Waals surface area contributed by atoms with Crippen LogP contribution in [0, 0.1) is 5.41 Å². The normalized spacial score (nSPS) is 24.1. The topological polar surface area (TPSA) is 130 Å². The quantitative estimate of drug-likeness (QED) is 0.428. The first kappa shape index (κ1) is 23.8. The summed E-state index contributed by atoms with van der Waals surface area (Å²) in [6.07, 6.45) is 9.51. The number of likely N-dealkylation sites (tertiary alicyclic amines) is 1. The number of rotatable bonds is 7. The molecule has 3 fully saturated rings. The van der Waals surface area contributed by atoms with Crippen molar-refractivity contribution in [3.8, 4) is 5.88 Å². The number of carbonyl (C=O) groups excluding carboxylic acids is 3. The molecular formula is C26H31N7O4. The third-order valence-electron chi connectivity index (χ3n) is 7.88. The minimum Gasteiger partial charge on any atom is -0.476 e. The molecule has 1 unspecified atom stereocenters. The van der Waals surface area contributed by atoms with Crippen molar-refractivity contribution in [3.05, 3.63) is 30.1 Å². The molecule has 2 N–H and O–H groups in total. The Morgan fingerprint density at radius 1 is 1.03 bits per heavy atom. The van der Waals surface area contributed by atoms with Gasteiger partial charge in [-0.25, -0.2) is 9.97 Å². The highest BCUT2D eigenvalue weighted by Gasteiger charge is 2.58. The van der Waals surface area contributed by atoms with E-state index >= 15 is 0 Å². The Balaban J connectivity index is 1.19. The summed E-state index contributed by atoms with van der Waals surface area (Å²) in [6.45, 7) is 3.77. The minimum absolute atomic E-state index is 0.0478. The average molecular weight is 506 g/mol. The van der Waals surface area contributed by atoms with Crippen molar-refractivity contribution in [2.24, 2.45) is 5.41 Å². The van der Waals surface area contributed by atoms with Gasteiger partial charge in [-0.05, 0) is 44.8 Å². The lowest BCUT2D eigenvalue weighted by atomic mass is 9.76. The van der Waals surface area contributed by atoms with Gasteiger partial charge < -0.3 is 10.1 Å². The highest BCUT2D eigenvalue weighted by Crippen LogP contribution is 2.44. The number of hydrogen-bond donors (Lipinski definition) is 2. The molecule has 6 rings (SSSR count). The minimum atomic E-state index is -1.40. The fourth-order valence-corrected chi connectivity index (χ4v) is 5.93. The van der Waals surface area contributed by atoms with Gasteiger partial charge in [-0.3, -0.25) is 29.5 Å². The summed E-state index contributed by atoms with van der Waals surface area (Å²) < 4.78 is 5.78. The molecule has 1 aliphatic carbocycles. The lowest BCUT2D eigenvalue weighted by Gasteiger charge is -2.40. The first-order valence-corrected chi connectivity index (χ1v) is 13.1. The molecule has 3 aliphatic heterocycles. The Morgan fingerprint density at radius 2 is 1.84 bits per heavy atom. The van der Waals surface area contributed by atoms with E-state index in [0.29, 0.717) is 35.5 Å². The van der Waals surface area contributed by atoms with Gasteiger partial charge in [0.1, 0.15) is 17.8 Å². The van der Waals surface area contributed by atoms with Crippen molar-refractivity contribution in [2.45, 2.75) is 57.4 Å². The number of imide groups is 1. The molecular weight excluding hydrogens is 474 g/mol. The van der Waals surface area contributed by atoms with Crippen LogP contribution in [-0.2, 0) is 20.8 Å². The van der Waals surface area contributed by atoms with Crippen molar-refractivity contribution in [1.82, 2.24) is 25.2 Å². The number of hydrogen-bond acceptors (Lipinski definition) is 9. The SMILES string of the molecule is O=C1CC2(Cc3cnc(Nc4ccc(OCCN5CCCC5)nc4)nc3N(C3CCCC3)C2=O)C(=O)N1. The van der Waals surface area contributed by atoms with Crippen molar-refractivity contribution >= 4 is 35.2 Å². The second kappa shape index (κ2) is 9.70. The van der Waals surface area contributed by atoms with Crippen LogP contribution < -0.4 is 20.3 Å². The van der Waals surface area contributed by atoms with Crippen LogP contribution in [0.15, 0.2) is 24.5 Å². The Labute approximate surface area is 215 Å². The maximum absolute atomic E-state index is 13.7. The van der Waals surface area contributed by atoms with Gasteiger partial charge in [0.15, 0.2) is 0 Å². The number of fused-ring (bicyclic) bond motifs is 1. The van der Waals surface area contributed by atoms with E-state index in [1.807, 2.05) is 6.07 Å². The largest absolute Gasteiger partial charge is 0.476 e. The van der Waals surface area contributed by atoms with Crippen LogP contribution >= 0.6 is 0 Å². The van der Waals surface area contributed by atoms with Gasteiger partial charge in [0.05, 0.1) is 18.3 Å². The lowest BCUT2D eigenvalue weighted by Crippen LogP contribution is -2.56. The summed E-state index contributed by atoms with van der Waals surface area (Å²) in [5.74, 6) is 0.139. The number of anilines is 3. The molecule has 0 bridgehead atoms. The first-order chi connectivity index (χ1) is 18.0. The Morgan fingerprint density at radius 3 is 2.54 bits per heavy atom. The van der Waals surface area contributed by atoms with Gasteiger partial charge >= 0.3 is 0 Å². The third-order valence-corrected chi connectivity index (χ3v) is 7.88. The van der Waals surface area contributed by atoms with Gasteiger partial charge in [-0.15, -0.1) is 0 Å². The molecule has 37 heavy (non-hydrogen) atoms.